The fourth-order valence-electron chi connectivity index (χ4n) is 9.56. The number of esters is 1. The van der Waals surface area contributed by atoms with Crippen molar-refractivity contribution >= 4 is 59.2 Å². The summed E-state index contributed by atoms with van der Waals surface area (Å²) in [4.78, 5) is 143. The summed E-state index contributed by atoms with van der Waals surface area (Å²) in [5, 5.41) is 57.1. The number of carboxylic acid groups (broad SMARTS) is 1. The highest BCUT2D eigenvalue weighted by molar-refractivity contribution is 5.98. The van der Waals surface area contributed by atoms with Crippen LogP contribution in [0.2, 0.25) is 0 Å². The van der Waals surface area contributed by atoms with Crippen LogP contribution in [-0.4, -0.2) is 157 Å². The summed E-state index contributed by atoms with van der Waals surface area (Å²) < 4.78 is 5.94. The highest BCUT2D eigenvalue weighted by Crippen LogP contribution is 2.27. The number of hydrogen-bond acceptors (Lipinski definition) is 14. The monoisotopic (exact) mass is 1110 g/mol. The van der Waals surface area contributed by atoms with E-state index in [1.165, 1.54) is 62.5 Å². The van der Waals surface area contributed by atoms with E-state index < -0.39 is 145 Å². The predicted octanol–water partition coefficient (Wildman–Crippen LogP) is 1.48. The molecule has 8 amide bonds. The molecule has 10 N–H and O–H groups in total. The standard InChI is InChI=1S/C57H76N8O15/c1-8-13-44(68)58-41(28-35-16-20-37(66)21-17-35)50(71)60-40(56(77)78)24-26-45(69)62-48-33(6)80-57(79)47(32(5)9-2)63-52(73)43(30-34-14-11-10-12-15-34)64(7)55(76)49(31(3)4)65-46(70)27-25-39(54(65)75)59-51(72)42(61-53(48)74)29-36-18-22-38(67)23-19-36/h10-12,14-23,31-33,39-43,46-49,66-67,70H,8-9,13,24-30H2,1-7H3,(H,58,68)(H,59,72)(H,60,71)(H,61,74)(H,62,69)(H,63,73)(H,77,78)/t32-,33+,39-,40-,41-,42-,43-,46+,47-,48+,49-/m0/s1. The number of piperidine rings is 1. The second-order valence-electron chi connectivity index (χ2n) is 20.9. The zero-order valence-corrected chi connectivity index (χ0v) is 46.2. The minimum atomic E-state index is -1.85. The largest absolute Gasteiger partial charge is 0.508 e. The molecular formula is C57H76N8O15. The summed E-state index contributed by atoms with van der Waals surface area (Å²) in [7, 11) is 1.38. The third-order valence-corrected chi connectivity index (χ3v) is 14.4. The van der Waals surface area contributed by atoms with Crippen LogP contribution in [0.3, 0.4) is 0 Å². The molecule has 0 saturated carbocycles. The van der Waals surface area contributed by atoms with Crippen molar-refractivity contribution in [1.82, 2.24) is 41.7 Å². The molecular weight excluding hydrogens is 1040 g/mol. The molecule has 3 aromatic rings. The number of phenols is 2. The van der Waals surface area contributed by atoms with E-state index in [2.05, 4.69) is 31.9 Å². The summed E-state index contributed by atoms with van der Waals surface area (Å²) in [5.41, 5.74) is 1.58. The fourth-order valence-corrected chi connectivity index (χ4v) is 9.56. The highest BCUT2D eigenvalue weighted by Gasteiger charge is 2.47. The summed E-state index contributed by atoms with van der Waals surface area (Å²) in [6.07, 6.45) is -4.09. The van der Waals surface area contributed by atoms with Gasteiger partial charge in [-0.3, -0.25) is 38.4 Å². The molecule has 2 heterocycles. The van der Waals surface area contributed by atoms with E-state index in [0.29, 0.717) is 29.5 Å². The van der Waals surface area contributed by atoms with E-state index >= 15 is 0 Å². The molecule has 2 saturated heterocycles. The Kier molecular flexibility index (Phi) is 22.9. The van der Waals surface area contributed by atoms with Crippen molar-refractivity contribution in [2.24, 2.45) is 11.8 Å². The molecule has 0 radical (unpaired) electrons. The molecule has 2 aliphatic heterocycles. The van der Waals surface area contributed by atoms with Gasteiger partial charge in [-0.15, -0.1) is 0 Å². The first kappa shape index (κ1) is 62.8. The second kappa shape index (κ2) is 29.2. The van der Waals surface area contributed by atoms with Crippen LogP contribution in [0.4, 0.5) is 0 Å². The number of carbonyl (C=O) groups is 10. The van der Waals surface area contributed by atoms with Crippen molar-refractivity contribution in [2.75, 3.05) is 7.05 Å². The lowest BCUT2D eigenvalue weighted by Crippen LogP contribution is -2.66. The SMILES string of the molecule is CCCC(=O)N[C@@H](Cc1ccc(O)cc1)C(=O)N[C@@H](CCC(=O)N[C@H]1C(=O)N[C@@H](Cc2ccc(O)cc2)C(=O)N[C@H]2CC[C@@H](O)N(C2=O)[C@@H](C(C)C)C(=O)N(C)[C@@H](Cc2ccccc2)C(=O)N[C@@H]([C@@H](C)CC)C(=O)O[C@@H]1C)C(=O)O. The summed E-state index contributed by atoms with van der Waals surface area (Å²) in [6.45, 7) is 9.76. The number of aromatic hydroxyl groups is 2. The highest BCUT2D eigenvalue weighted by atomic mass is 16.5. The van der Waals surface area contributed by atoms with Crippen LogP contribution in [0.25, 0.3) is 0 Å². The average molecular weight is 1110 g/mol. The second-order valence-corrected chi connectivity index (χ2v) is 20.9. The summed E-state index contributed by atoms with van der Waals surface area (Å²) in [6, 6.07) is 8.35. The Morgan fingerprint density at radius 1 is 0.713 bits per heavy atom. The van der Waals surface area contributed by atoms with Crippen molar-refractivity contribution in [3.05, 3.63) is 95.6 Å². The topological polar surface area (TPSA) is 340 Å². The first-order valence-electron chi connectivity index (χ1n) is 27.0. The zero-order chi connectivity index (χ0) is 59.0. The van der Waals surface area contributed by atoms with Gasteiger partial charge in [0.15, 0.2) is 0 Å². The van der Waals surface area contributed by atoms with Gasteiger partial charge >= 0.3 is 11.9 Å². The number of ether oxygens (including phenoxy) is 1. The number of hydrogen-bond donors (Lipinski definition) is 10. The molecule has 434 valence electrons. The third kappa shape index (κ3) is 17.2. The van der Waals surface area contributed by atoms with Gasteiger partial charge in [0.05, 0.1) is 0 Å². The number of amides is 8. The average Bonchev–Trinajstić information content (AvgIpc) is 3.46. The number of cyclic esters (lactones) is 1. The Hall–Kier alpha value is -8.08. The minimum Gasteiger partial charge on any atom is -0.508 e. The quantitative estimate of drug-likeness (QED) is 0.0761. The van der Waals surface area contributed by atoms with Gasteiger partial charge in [0.25, 0.3) is 0 Å². The maximum atomic E-state index is 14.9. The molecule has 11 atom stereocenters. The molecule has 23 heteroatoms. The summed E-state index contributed by atoms with van der Waals surface area (Å²) >= 11 is 0. The van der Waals surface area contributed by atoms with Crippen molar-refractivity contribution in [1.29, 1.82) is 0 Å². The van der Waals surface area contributed by atoms with Gasteiger partial charge in [0.1, 0.15) is 72.2 Å². The Morgan fingerprint density at radius 2 is 1.32 bits per heavy atom. The van der Waals surface area contributed by atoms with Crippen LogP contribution in [0, 0.1) is 11.8 Å². The first-order valence-corrected chi connectivity index (χ1v) is 27.0. The Balaban J connectivity index is 1.53. The van der Waals surface area contributed by atoms with Crippen LogP contribution in [0.15, 0.2) is 78.9 Å². The van der Waals surface area contributed by atoms with Gasteiger partial charge in [-0.2, -0.15) is 0 Å². The third-order valence-electron chi connectivity index (χ3n) is 14.4. The lowest BCUT2D eigenvalue weighted by atomic mass is 9.93. The van der Waals surface area contributed by atoms with Gasteiger partial charge < -0.3 is 66.9 Å². The molecule has 2 fully saturated rings. The van der Waals surface area contributed by atoms with E-state index in [1.54, 1.807) is 65.0 Å². The molecule has 23 nitrogen and oxygen atoms in total. The number of fused-ring (bicyclic) bond motifs is 2. The van der Waals surface area contributed by atoms with Crippen LogP contribution < -0.4 is 31.9 Å². The minimum absolute atomic E-state index is 0.0443. The molecule has 0 aliphatic carbocycles. The smallest absolute Gasteiger partial charge is 0.329 e. The maximum absolute atomic E-state index is 14.9. The van der Waals surface area contributed by atoms with Crippen LogP contribution >= 0.6 is 0 Å². The number of rotatable bonds is 19. The molecule has 0 spiro atoms. The molecule has 2 aliphatic rings. The van der Waals surface area contributed by atoms with E-state index in [9.17, 15) is 68.4 Å². The number of carboxylic acids is 1. The van der Waals surface area contributed by atoms with E-state index in [0.717, 1.165) is 9.80 Å². The Bertz CT molecular complexity index is 2670. The predicted molar refractivity (Wildman–Crippen MR) is 289 cm³/mol. The van der Waals surface area contributed by atoms with Crippen LogP contribution in [0.5, 0.6) is 11.5 Å². The van der Waals surface area contributed by atoms with Crippen molar-refractivity contribution < 1.29 is 73.1 Å². The van der Waals surface area contributed by atoms with E-state index in [1.807, 2.05) is 0 Å². The first-order chi connectivity index (χ1) is 37.9. The molecule has 0 aromatic heterocycles. The normalized spacial score (nSPS) is 23.6. The number of nitrogens with one attached hydrogen (secondary N) is 6. The van der Waals surface area contributed by atoms with Gasteiger partial charge in [-0.05, 0) is 85.4 Å². The Labute approximate surface area is 464 Å². The lowest BCUT2D eigenvalue weighted by molar-refractivity contribution is -0.167. The van der Waals surface area contributed by atoms with E-state index in [-0.39, 0.29) is 50.0 Å². The maximum Gasteiger partial charge on any atom is 0.329 e. The lowest BCUT2D eigenvalue weighted by Gasteiger charge is -2.44. The number of benzene rings is 3. The number of aliphatic hydroxyl groups excluding tert-OH is 1. The molecule has 2 bridgehead atoms. The van der Waals surface area contributed by atoms with E-state index in [4.69, 9.17) is 4.74 Å². The Morgan fingerprint density at radius 3 is 1.91 bits per heavy atom. The van der Waals surface area contributed by atoms with Gasteiger partial charge in [0.2, 0.25) is 47.3 Å². The van der Waals surface area contributed by atoms with Gasteiger partial charge in [0, 0.05) is 39.2 Å². The van der Waals surface area contributed by atoms with Crippen molar-refractivity contribution in [3.8, 4) is 11.5 Å². The van der Waals surface area contributed by atoms with Crippen molar-refractivity contribution in [2.45, 2.75) is 166 Å². The fraction of sp³-hybridized carbons (Fsp3) is 0.509. The van der Waals surface area contributed by atoms with Crippen molar-refractivity contribution in [3.63, 3.8) is 0 Å². The molecule has 5 rings (SSSR count). The van der Waals surface area contributed by atoms with Crippen LogP contribution in [0.1, 0.15) is 103 Å². The number of nitrogens with zero attached hydrogens (tertiary/aromatic N) is 2. The van der Waals surface area contributed by atoms with Crippen LogP contribution in [-0.2, 0) is 71.9 Å². The number of likely N-dealkylation sites (N-methyl/N-ethyl adjacent to an activating group) is 1. The van der Waals surface area contributed by atoms with Gasteiger partial charge in [-0.1, -0.05) is 95.6 Å². The number of carbonyl (C=O) groups excluding carboxylic acids is 9. The van der Waals surface area contributed by atoms with Gasteiger partial charge in [-0.25, -0.2) is 9.59 Å². The zero-order valence-electron chi connectivity index (χ0n) is 46.2. The number of aliphatic hydroxyl groups is 1. The summed E-state index contributed by atoms with van der Waals surface area (Å²) in [5.74, 6) is -10.7. The molecule has 80 heavy (non-hydrogen) atoms. The number of aliphatic carboxylic acids is 1. The number of phenolic OH excluding ortho intramolecular Hbond substituents is 2. The molecule has 0 unspecified atom stereocenters. The molecule has 3 aromatic carbocycles.